The molecule has 0 atom stereocenters. The number of methoxy groups -OCH3 is 1. The molecule has 2 heteroatoms. The predicted octanol–water partition coefficient (Wildman–Crippen LogP) is 6.31. The average molecular weight is 351 g/mol. The van der Waals surface area contributed by atoms with Gasteiger partial charge in [-0.25, -0.2) is 0 Å². The number of hydrogen-bond acceptors (Lipinski definition) is 2. The molecule has 1 aliphatic carbocycles. The molecular weight excluding hydrogens is 320 g/mol. The van der Waals surface area contributed by atoms with Gasteiger partial charge in [-0.3, -0.25) is 0 Å². The number of allylic oxidation sites excluding steroid dienone is 1. The van der Waals surface area contributed by atoms with Crippen molar-refractivity contribution in [1.82, 2.24) is 0 Å². The molecule has 2 aromatic carbocycles. The molecule has 0 aliphatic heterocycles. The Bertz CT molecular complexity index is 857. The summed E-state index contributed by atoms with van der Waals surface area (Å²) in [5.41, 5.74) is 6.89. The molecule has 0 amide bonds. The van der Waals surface area contributed by atoms with Crippen molar-refractivity contribution in [3.8, 4) is 11.5 Å². The van der Waals surface area contributed by atoms with Crippen LogP contribution in [0.2, 0.25) is 0 Å². The van der Waals surface area contributed by atoms with Crippen LogP contribution in [0.15, 0.2) is 36.4 Å². The standard InChI is InChI=1S/C24H30O2/c1-16(13-17-7-10-21(25)22(14-17)26-6)18-8-9-19-20(15-18)24(4,5)12-11-23(19,2)3/h7-10,13-15,25H,11-12H2,1-6H3. The van der Waals surface area contributed by atoms with Crippen LogP contribution in [0.4, 0.5) is 0 Å². The lowest BCUT2D eigenvalue weighted by molar-refractivity contribution is 0.332. The first-order valence-corrected chi connectivity index (χ1v) is 9.35. The SMILES string of the molecule is COc1cc(C=C(C)c2ccc3c(c2)C(C)(C)CCC3(C)C)ccc1O. The fourth-order valence-corrected chi connectivity index (χ4v) is 3.95. The highest BCUT2D eigenvalue weighted by molar-refractivity contribution is 5.81. The molecule has 0 saturated carbocycles. The number of hydrogen-bond donors (Lipinski definition) is 1. The van der Waals surface area contributed by atoms with E-state index < -0.39 is 0 Å². The van der Waals surface area contributed by atoms with Gasteiger partial charge in [-0.1, -0.05) is 58.0 Å². The van der Waals surface area contributed by atoms with Crippen molar-refractivity contribution in [1.29, 1.82) is 0 Å². The van der Waals surface area contributed by atoms with E-state index in [1.54, 1.807) is 13.2 Å². The summed E-state index contributed by atoms with van der Waals surface area (Å²) in [7, 11) is 1.57. The summed E-state index contributed by atoms with van der Waals surface area (Å²) in [6, 6.07) is 12.4. The summed E-state index contributed by atoms with van der Waals surface area (Å²) >= 11 is 0. The van der Waals surface area contributed by atoms with Crippen molar-refractivity contribution in [3.05, 3.63) is 58.7 Å². The fraction of sp³-hybridized carbons (Fsp3) is 0.417. The Balaban J connectivity index is 2.02. The summed E-state index contributed by atoms with van der Waals surface area (Å²) in [5, 5.41) is 9.78. The Morgan fingerprint density at radius 3 is 2.27 bits per heavy atom. The predicted molar refractivity (Wildman–Crippen MR) is 110 cm³/mol. The van der Waals surface area contributed by atoms with Crippen molar-refractivity contribution in [2.75, 3.05) is 7.11 Å². The molecule has 0 bridgehead atoms. The van der Waals surface area contributed by atoms with Crippen LogP contribution in [-0.4, -0.2) is 12.2 Å². The topological polar surface area (TPSA) is 29.5 Å². The van der Waals surface area contributed by atoms with Gasteiger partial charge in [-0.05, 0) is 70.6 Å². The van der Waals surface area contributed by atoms with Gasteiger partial charge >= 0.3 is 0 Å². The number of phenols is 1. The third kappa shape index (κ3) is 3.38. The normalized spacial score (nSPS) is 18.3. The molecule has 0 spiro atoms. The van der Waals surface area contributed by atoms with Gasteiger partial charge < -0.3 is 9.84 Å². The molecule has 0 aromatic heterocycles. The highest BCUT2D eigenvalue weighted by atomic mass is 16.5. The third-order valence-electron chi connectivity index (χ3n) is 5.90. The Morgan fingerprint density at radius 2 is 1.62 bits per heavy atom. The maximum atomic E-state index is 9.78. The first-order chi connectivity index (χ1) is 12.1. The van der Waals surface area contributed by atoms with E-state index in [2.05, 4.69) is 58.9 Å². The zero-order chi connectivity index (χ0) is 19.1. The van der Waals surface area contributed by atoms with Gasteiger partial charge in [-0.2, -0.15) is 0 Å². The molecule has 1 aliphatic rings. The monoisotopic (exact) mass is 350 g/mol. The molecule has 2 aromatic rings. The molecule has 26 heavy (non-hydrogen) atoms. The fourth-order valence-electron chi connectivity index (χ4n) is 3.95. The van der Waals surface area contributed by atoms with E-state index in [-0.39, 0.29) is 16.6 Å². The third-order valence-corrected chi connectivity index (χ3v) is 5.90. The molecule has 0 radical (unpaired) electrons. The van der Waals surface area contributed by atoms with Crippen molar-refractivity contribution in [3.63, 3.8) is 0 Å². The van der Waals surface area contributed by atoms with Crippen LogP contribution < -0.4 is 4.74 Å². The quantitative estimate of drug-likeness (QED) is 0.657. The molecule has 0 fully saturated rings. The minimum absolute atomic E-state index is 0.167. The van der Waals surface area contributed by atoms with Crippen LogP contribution in [-0.2, 0) is 10.8 Å². The van der Waals surface area contributed by atoms with Crippen LogP contribution >= 0.6 is 0 Å². The average Bonchev–Trinajstić information content (AvgIpc) is 2.60. The zero-order valence-electron chi connectivity index (χ0n) is 16.8. The Kier molecular flexibility index (Phi) is 4.64. The van der Waals surface area contributed by atoms with Crippen molar-refractivity contribution < 1.29 is 9.84 Å². The molecule has 138 valence electrons. The van der Waals surface area contributed by atoms with E-state index in [1.165, 1.54) is 35.1 Å². The summed E-state index contributed by atoms with van der Waals surface area (Å²) in [6.45, 7) is 11.6. The zero-order valence-corrected chi connectivity index (χ0v) is 16.8. The summed E-state index contributed by atoms with van der Waals surface area (Å²) < 4.78 is 5.22. The number of ether oxygens (including phenoxy) is 1. The van der Waals surface area contributed by atoms with Gasteiger partial charge in [0.2, 0.25) is 0 Å². The van der Waals surface area contributed by atoms with Crippen LogP contribution in [0.5, 0.6) is 11.5 Å². The minimum Gasteiger partial charge on any atom is -0.504 e. The second-order valence-corrected chi connectivity index (χ2v) is 8.79. The second-order valence-electron chi connectivity index (χ2n) is 8.79. The Hall–Kier alpha value is -2.22. The van der Waals surface area contributed by atoms with E-state index >= 15 is 0 Å². The van der Waals surface area contributed by atoms with E-state index in [1.807, 2.05) is 12.1 Å². The lowest BCUT2D eigenvalue weighted by Gasteiger charge is -2.42. The van der Waals surface area contributed by atoms with E-state index in [0.29, 0.717) is 5.75 Å². The summed E-state index contributed by atoms with van der Waals surface area (Å²) in [4.78, 5) is 0. The van der Waals surface area contributed by atoms with Crippen LogP contribution in [0.3, 0.4) is 0 Å². The van der Waals surface area contributed by atoms with Crippen molar-refractivity contribution in [2.45, 2.75) is 58.3 Å². The molecular formula is C24H30O2. The number of aromatic hydroxyl groups is 1. The Labute approximate surface area is 157 Å². The summed E-state index contributed by atoms with van der Waals surface area (Å²) in [5.74, 6) is 0.667. The first kappa shape index (κ1) is 18.6. The minimum atomic E-state index is 0.167. The van der Waals surface area contributed by atoms with Crippen LogP contribution in [0.25, 0.3) is 11.6 Å². The number of fused-ring (bicyclic) bond motifs is 1. The largest absolute Gasteiger partial charge is 0.504 e. The van der Waals surface area contributed by atoms with Gasteiger partial charge in [0, 0.05) is 0 Å². The van der Waals surface area contributed by atoms with Crippen molar-refractivity contribution in [2.24, 2.45) is 0 Å². The highest BCUT2D eigenvalue weighted by Gasteiger charge is 2.36. The van der Waals surface area contributed by atoms with Crippen LogP contribution in [0.1, 0.15) is 69.7 Å². The smallest absolute Gasteiger partial charge is 0.161 e. The van der Waals surface area contributed by atoms with Gasteiger partial charge in [0.25, 0.3) is 0 Å². The molecule has 0 unspecified atom stereocenters. The number of benzene rings is 2. The molecule has 2 nitrogen and oxygen atoms in total. The lowest BCUT2D eigenvalue weighted by atomic mass is 9.63. The van der Waals surface area contributed by atoms with E-state index in [4.69, 9.17) is 4.74 Å². The molecule has 0 heterocycles. The maximum Gasteiger partial charge on any atom is 0.161 e. The molecule has 3 rings (SSSR count). The second kappa shape index (κ2) is 6.50. The Morgan fingerprint density at radius 1 is 0.962 bits per heavy atom. The van der Waals surface area contributed by atoms with Crippen LogP contribution in [0, 0.1) is 0 Å². The summed E-state index contributed by atoms with van der Waals surface area (Å²) in [6.07, 6.45) is 4.59. The molecule has 1 N–H and O–H groups in total. The highest BCUT2D eigenvalue weighted by Crippen LogP contribution is 2.46. The lowest BCUT2D eigenvalue weighted by Crippen LogP contribution is -2.33. The first-order valence-electron chi connectivity index (χ1n) is 9.35. The maximum absolute atomic E-state index is 9.78. The number of phenolic OH excluding ortho intramolecular Hbond substituents is 1. The van der Waals surface area contributed by atoms with E-state index in [9.17, 15) is 5.11 Å². The van der Waals surface area contributed by atoms with Gasteiger partial charge in [-0.15, -0.1) is 0 Å². The number of rotatable bonds is 3. The molecule has 0 saturated heterocycles. The van der Waals surface area contributed by atoms with Gasteiger partial charge in [0.15, 0.2) is 11.5 Å². The van der Waals surface area contributed by atoms with E-state index in [0.717, 1.165) is 5.56 Å². The van der Waals surface area contributed by atoms with Crippen molar-refractivity contribution >= 4 is 11.6 Å². The van der Waals surface area contributed by atoms with Gasteiger partial charge in [0.05, 0.1) is 7.11 Å². The van der Waals surface area contributed by atoms with Gasteiger partial charge in [0.1, 0.15) is 0 Å².